The number of hydrogen-bond donors (Lipinski definition) is 3. The molecule has 25 heavy (non-hydrogen) atoms. The molecule has 0 aliphatic carbocycles. The van der Waals surface area contributed by atoms with E-state index in [1.165, 1.54) is 12.2 Å². The highest BCUT2D eigenvalue weighted by Crippen LogP contribution is 2.30. The predicted molar refractivity (Wildman–Crippen MR) is 84.5 cm³/mol. The molecule has 0 aromatic carbocycles. The normalized spacial score (nSPS) is 13.8. The van der Waals surface area contributed by atoms with Crippen LogP contribution in [-0.2, 0) is 14.3 Å². The van der Waals surface area contributed by atoms with E-state index >= 15 is 0 Å². The van der Waals surface area contributed by atoms with Gasteiger partial charge < -0.3 is 15.4 Å². The average Bonchev–Trinajstić information content (AvgIpc) is 2.49. The summed E-state index contributed by atoms with van der Waals surface area (Å²) < 4.78 is 45.3. The van der Waals surface area contributed by atoms with E-state index in [0.717, 1.165) is 0 Å². The van der Waals surface area contributed by atoms with Gasteiger partial charge in [0.1, 0.15) is 0 Å². The number of urea groups is 1. The molecule has 0 saturated carbocycles. The van der Waals surface area contributed by atoms with Crippen molar-refractivity contribution in [3.8, 4) is 0 Å². The van der Waals surface area contributed by atoms with Crippen LogP contribution in [0, 0.1) is 5.92 Å². The van der Waals surface area contributed by atoms with Crippen LogP contribution in [0.5, 0.6) is 0 Å². The molecule has 3 amide bonds. The first-order chi connectivity index (χ1) is 11.5. The van der Waals surface area contributed by atoms with Crippen molar-refractivity contribution < 1.29 is 32.3 Å². The first-order valence-corrected chi connectivity index (χ1v) is 8.11. The second-order valence-electron chi connectivity index (χ2n) is 5.85. The lowest BCUT2D eigenvalue weighted by atomic mass is 10.1. The molecule has 0 spiro atoms. The quantitative estimate of drug-likeness (QED) is 0.428. The predicted octanol–water partition coefficient (Wildman–Crippen LogP) is 2.07. The fraction of sp³-hybridized carbons (Fsp3) is 0.800. The van der Waals surface area contributed by atoms with Gasteiger partial charge in [-0.2, -0.15) is 13.2 Å². The fourth-order valence-electron chi connectivity index (χ4n) is 1.75. The smallest absolute Gasteiger partial charge is 0.442 e. The lowest BCUT2D eigenvalue weighted by Crippen LogP contribution is -2.74. The zero-order valence-electron chi connectivity index (χ0n) is 14.9. The Balaban J connectivity index is 5.58. The second-order valence-corrected chi connectivity index (χ2v) is 5.85. The zero-order chi connectivity index (χ0) is 19.7. The molecule has 10 heteroatoms. The highest BCUT2D eigenvalue weighted by Gasteiger charge is 2.64. The topological polar surface area (TPSA) is 96.5 Å². The summed E-state index contributed by atoms with van der Waals surface area (Å²) in [6.07, 6.45) is -4.60. The number of alkyl halides is 3. The van der Waals surface area contributed by atoms with Gasteiger partial charge in [0, 0.05) is 13.0 Å². The third-order valence-electron chi connectivity index (χ3n) is 3.06. The van der Waals surface area contributed by atoms with Gasteiger partial charge in [-0.25, -0.2) is 9.59 Å². The van der Waals surface area contributed by atoms with E-state index in [1.807, 2.05) is 0 Å². The highest BCUT2D eigenvalue weighted by molar-refractivity contribution is 5.92. The molecule has 0 aliphatic heterocycles. The summed E-state index contributed by atoms with van der Waals surface area (Å²) in [5, 5.41) is 5.35. The first kappa shape index (κ1) is 23.0. The van der Waals surface area contributed by atoms with Crippen molar-refractivity contribution in [2.24, 2.45) is 5.92 Å². The van der Waals surface area contributed by atoms with Crippen molar-refractivity contribution in [1.82, 2.24) is 16.0 Å². The van der Waals surface area contributed by atoms with E-state index in [0.29, 0.717) is 12.8 Å². The molecule has 0 bridgehead atoms. The van der Waals surface area contributed by atoms with Crippen LogP contribution >= 0.6 is 0 Å². The molecular formula is C15H26F3N3O4. The number of ether oxygens (including phenoxy) is 1. The van der Waals surface area contributed by atoms with E-state index < -0.39 is 29.7 Å². The minimum Gasteiger partial charge on any atom is -0.463 e. The Labute approximate surface area is 145 Å². The Kier molecular flexibility index (Phi) is 9.29. The fourth-order valence-corrected chi connectivity index (χ4v) is 1.75. The highest BCUT2D eigenvalue weighted by atomic mass is 19.4. The molecule has 0 radical (unpaired) electrons. The van der Waals surface area contributed by atoms with Crippen LogP contribution in [0.4, 0.5) is 18.0 Å². The second kappa shape index (κ2) is 10.1. The van der Waals surface area contributed by atoms with Crippen LogP contribution in [0.3, 0.4) is 0 Å². The number of amides is 3. The summed E-state index contributed by atoms with van der Waals surface area (Å²) in [5.74, 6) is -2.84. The number of hydrogen-bond acceptors (Lipinski definition) is 4. The van der Waals surface area contributed by atoms with Crippen molar-refractivity contribution in [3.05, 3.63) is 0 Å². The van der Waals surface area contributed by atoms with Crippen molar-refractivity contribution in [1.29, 1.82) is 0 Å². The SMILES string of the molecule is CCCCC(=O)NC(NC(=O)NCC(C)C)(C(=O)OCC)C(F)(F)F. The number of rotatable bonds is 9. The summed E-state index contributed by atoms with van der Waals surface area (Å²) in [4.78, 5) is 35.7. The standard InChI is InChI=1S/C15H26F3N3O4/c1-5-7-8-11(22)20-14(15(16,17)18,12(23)25-6-2)21-13(24)19-9-10(3)4/h10H,5-9H2,1-4H3,(H,20,22)(H2,19,21,24). The van der Waals surface area contributed by atoms with Gasteiger partial charge in [-0.05, 0) is 19.3 Å². The number of unbranched alkanes of at least 4 members (excludes halogenated alkanes) is 1. The molecule has 1 unspecified atom stereocenters. The van der Waals surface area contributed by atoms with E-state index in [4.69, 9.17) is 0 Å². The summed E-state index contributed by atoms with van der Waals surface area (Å²) in [7, 11) is 0. The van der Waals surface area contributed by atoms with Crippen LogP contribution in [0.15, 0.2) is 0 Å². The third-order valence-corrected chi connectivity index (χ3v) is 3.06. The molecule has 3 N–H and O–H groups in total. The number of nitrogens with one attached hydrogen (secondary N) is 3. The first-order valence-electron chi connectivity index (χ1n) is 8.11. The van der Waals surface area contributed by atoms with Crippen LogP contribution in [0.2, 0.25) is 0 Å². The van der Waals surface area contributed by atoms with Crippen molar-refractivity contribution >= 4 is 17.9 Å². The van der Waals surface area contributed by atoms with Crippen LogP contribution in [-0.4, -0.2) is 42.9 Å². The summed E-state index contributed by atoms with van der Waals surface area (Å²) in [5.41, 5.74) is -3.64. The van der Waals surface area contributed by atoms with E-state index in [1.54, 1.807) is 26.1 Å². The van der Waals surface area contributed by atoms with Crippen molar-refractivity contribution in [3.63, 3.8) is 0 Å². The molecule has 0 aliphatic rings. The minimum atomic E-state index is -5.30. The van der Waals surface area contributed by atoms with Gasteiger partial charge in [0.05, 0.1) is 6.61 Å². The Morgan fingerprint density at radius 1 is 1.08 bits per heavy atom. The Morgan fingerprint density at radius 2 is 1.68 bits per heavy atom. The Bertz CT molecular complexity index is 469. The van der Waals surface area contributed by atoms with Gasteiger partial charge in [-0.1, -0.05) is 27.2 Å². The van der Waals surface area contributed by atoms with Crippen LogP contribution < -0.4 is 16.0 Å². The van der Waals surface area contributed by atoms with Gasteiger partial charge in [0.25, 0.3) is 0 Å². The molecule has 0 rings (SSSR count). The molecule has 0 fully saturated rings. The number of carbonyl (C=O) groups is 3. The minimum absolute atomic E-state index is 0.0206. The Morgan fingerprint density at radius 3 is 2.12 bits per heavy atom. The number of carbonyl (C=O) groups excluding carboxylic acids is 3. The molecule has 0 saturated heterocycles. The van der Waals surface area contributed by atoms with Crippen molar-refractivity contribution in [2.45, 2.75) is 58.8 Å². The maximum Gasteiger partial charge on any atom is 0.442 e. The summed E-state index contributed by atoms with van der Waals surface area (Å²) in [6, 6.07) is -1.24. The molecule has 0 heterocycles. The van der Waals surface area contributed by atoms with Gasteiger partial charge >= 0.3 is 23.8 Å². The maximum absolute atomic E-state index is 13.6. The monoisotopic (exact) mass is 369 g/mol. The number of esters is 1. The van der Waals surface area contributed by atoms with Crippen LogP contribution in [0.25, 0.3) is 0 Å². The maximum atomic E-state index is 13.6. The van der Waals surface area contributed by atoms with E-state index in [-0.39, 0.29) is 25.5 Å². The molecule has 1 atom stereocenters. The Hall–Kier alpha value is -2.00. The van der Waals surface area contributed by atoms with Gasteiger partial charge in [0.2, 0.25) is 5.91 Å². The van der Waals surface area contributed by atoms with Gasteiger partial charge in [-0.15, -0.1) is 0 Å². The van der Waals surface area contributed by atoms with E-state index in [2.05, 4.69) is 10.1 Å². The summed E-state index contributed by atoms with van der Waals surface area (Å²) in [6.45, 7) is 6.30. The third kappa shape index (κ3) is 7.18. The largest absolute Gasteiger partial charge is 0.463 e. The molecule has 0 aromatic heterocycles. The molecular weight excluding hydrogens is 343 g/mol. The van der Waals surface area contributed by atoms with Crippen LogP contribution in [0.1, 0.15) is 47.0 Å². The molecule has 146 valence electrons. The summed E-state index contributed by atoms with van der Waals surface area (Å²) >= 11 is 0. The van der Waals surface area contributed by atoms with Gasteiger partial charge in [-0.3, -0.25) is 10.1 Å². The van der Waals surface area contributed by atoms with Crippen molar-refractivity contribution in [2.75, 3.05) is 13.2 Å². The van der Waals surface area contributed by atoms with Gasteiger partial charge in [0.15, 0.2) is 0 Å². The lowest BCUT2D eigenvalue weighted by Gasteiger charge is -2.34. The number of halogens is 3. The molecule has 7 nitrogen and oxygen atoms in total. The average molecular weight is 369 g/mol. The van der Waals surface area contributed by atoms with E-state index in [9.17, 15) is 27.6 Å². The lowest BCUT2D eigenvalue weighted by molar-refractivity contribution is -0.218. The zero-order valence-corrected chi connectivity index (χ0v) is 14.9. The molecule has 0 aromatic rings.